The first kappa shape index (κ1) is 17.9. The molecule has 4 rings (SSSR count). The number of hydrogen-bond donors (Lipinski definition) is 0. The van der Waals surface area contributed by atoms with Crippen LogP contribution in [0.15, 0.2) is 59.0 Å². The summed E-state index contributed by atoms with van der Waals surface area (Å²) in [6.45, 7) is 0. The molecule has 2 heterocycles. The predicted molar refractivity (Wildman–Crippen MR) is 109 cm³/mol. The maximum Gasteiger partial charge on any atom is 0.281 e. The van der Waals surface area contributed by atoms with Crippen LogP contribution in [0.3, 0.4) is 0 Å². The molecule has 0 atom stereocenters. The first-order valence-corrected chi connectivity index (χ1v) is 9.26. The Labute approximate surface area is 168 Å². The SMILES string of the molecule is N#C/C(=C\c1ccc(-c2ccc(Cl)cc2[N+](=O)[O-])o1)c1nc2ccccc2s1. The Bertz CT molecular complexity index is 1250. The van der Waals surface area contributed by atoms with Crippen molar-refractivity contribution in [3.63, 3.8) is 0 Å². The van der Waals surface area contributed by atoms with Gasteiger partial charge in [0.25, 0.3) is 5.69 Å². The van der Waals surface area contributed by atoms with Crippen molar-refractivity contribution in [3.8, 4) is 17.4 Å². The van der Waals surface area contributed by atoms with Gasteiger partial charge in [-0.2, -0.15) is 5.26 Å². The molecule has 0 unspecified atom stereocenters. The van der Waals surface area contributed by atoms with E-state index in [0.717, 1.165) is 10.2 Å². The highest BCUT2D eigenvalue weighted by Gasteiger charge is 2.19. The second kappa shape index (κ2) is 7.27. The molecule has 0 bridgehead atoms. The van der Waals surface area contributed by atoms with Gasteiger partial charge in [-0.3, -0.25) is 10.1 Å². The van der Waals surface area contributed by atoms with E-state index in [2.05, 4.69) is 11.1 Å². The molecule has 2 aromatic heterocycles. The van der Waals surface area contributed by atoms with Gasteiger partial charge in [0.2, 0.25) is 0 Å². The minimum atomic E-state index is -0.513. The van der Waals surface area contributed by atoms with Crippen LogP contribution in [0.25, 0.3) is 33.2 Å². The van der Waals surface area contributed by atoms with Crippen LogP contribution in [0.5, 0.6) is 0 Å². The molecule has 136 valence electrons. The van der Waals surface area contributed by atoms with Crippen molar-refractivity contribution >= 4 is 50.5 Å². The molecule has 0 aliphatic heterocycles. The Hall–Kier alpha value is -3.47. The van der Waals surface area contributed by atoms with E-state index in [9.17, 15) is 15.4 Å². The van der Waals surface area contributed by atoms with Crippen molar-refractivity contribution in [1.82, 2.24) is 4.98 Å². The second-order valence-corrected chi connectivity index (χ2v) is 7.24. The molecule has 4 aromatic rings. The number of nitriles is 1. The third-order valence-corrected chi connectivity index (χ3v) is 5.28. The standard InChI is InChI=1S/C20H10ClN3O3S/c21-13-5-7-15(17(10-13)24(25)26)18-8-6-14(27-18)9-12(11-22)20-23-16-3-1-2-4-19(16)28-20/h1-10H/b12-9+. The minimum Gasteiger partial charge on any atom is -0.456 e. The lowest BCUT2D eigenvalue weighted by atomic mass is 10.1. The molecule has 0 saturated heterocycles. The first-order chi connectivity index (χ1) is 13.5. The number of furan rings is 1. The van der Waals surface area contributed by atoms with Gasteiger partial charge in [0, 0.05) is 17.2 Å². The summed E-state index contributed by atoms with van der Waals surface area (Å²) < 4.78 is 6.71. The lowest BCUT2D eigenvalue weighted by Gasteiger charge is -2.00. The minimum absolute atomic E-state index is 0.149. The van der Waals surface area contributed by atoms with Crippen molar-refractivity contribution in [3.05, 3.63) is 80.5 Å². The normalized spacial score (nSPS) is 11.5. The largest absolute Gasteiger partial charge is 0.456 e. The summed E-state index contributed by atoms with van der Waals surface area (Å²) in [6.07, 6.45) is 1.57. The fourth-order valence-corrected chi connectivity index (χ4v) is 3.81. The highest BCUT2D eigenvalue weighted by molar-refractivity contribution is 7.19. The Balaban J connectivity index is 1.73. The van der Waals surface area contributed by atoms with Crippen molar-refractivity contribution in [2.24, 2.45) is 0 Å². The lowest BCUT2D eigenvalue weighted by molar-refractivity contribution is -0.384. The lowest BCUT2D eigenvalue weighted by Crippen LogP contribution is -1.91. The predicted octanol–water partition coefficient (Wildman–Crippen LogP) is 6.18. The van der Waals surface area contributed by atoms with Gasteiger partial charge in [0.05, 0.1) is 26.3 Å². The van der Waals surface area contributed by atoms with E-state index in [1.54, 1.807) is 24.3 Å². The maximum absolute atomic E-state index is 11.3. The van der Waals surface area contributed by atoms with E-state index in [0.29, 0.717) is 27.7 Å². The number of nitro benzene ring substituents is 1. The maximum atomic E-state index is 11.3. The topological polar surface area (TPSA) is 93.0 Å². The van der Waals surface area contributed by atoms with Crippen LogP contribution in [-0.4, -0.2) is 9.91 Å². The number of thiazole rings is 1. The van der Waals surface area contributed by atoms with Crippen molar-refractivity contribution in [2.75, 3.05) is 0 Å². The summed E-state index contributed by atoms with van der Waals surface area (Å²) in [5, 5.41) is 21.7. The number of para-hydroxylation sites is 1. The molecule has 0 N–H and O–H groups in total. The number of fused-ring (bicyclic) bond motifs is 1. The number of nitro groups is 1. The summed E-state index contributed by atoms with van der Waals surface area (Å²) in [5.41, 5.74) is 1.34. The Morgan fingerprint density at radius 2 is 2.07 bits per heavy atom. The third-order valence-electron chi connectivity index (χ3n) is 3.98. The van der Waals surface area contributed by atoms with Gasteiger partial charge in [-0.05, 0) is 36.4 Å². The number of rotatable bonds is 4. The van der Waals surface area contributed by atoms with Crippen LogP contribution in [0.1, 0.15) is 10.8 Å². The molecular weight excluding hydrogens is 398 g/mol. The van der Waals surface area contributed by atoms with Gasteiger partial charge in [-0.1, -0.05) is 23.7 Å². The van der Waals surface area contributed by atoms with Gasteiger partial charge >= 0.3 is 0 Å². The van der Waals surface area contributed by atoms with E-state index in [-0.39, 0.29) is 10.7 Å². The Morgan fingerprint density at radius 1 is 1.25 bits per heavy atom. The van der Waals surface area contributed by atoms with Gasteiger partial charge in [0.1, 0.15) is 22.6 Å². The van der Waals surface area contributed by atoms with Gasteiger partial charge in [-0.15, -0.1) is 11.3 Å². The molecule has 0 amide bonds. The van der Waals surface area contributed by atoms with Crippen molar-refractivity contribution < 1.29 is 9.34 Å². The molecule has 2 aromatic carbocycles. The average Bonchev–Trinajstić information content (AvgIpc) is 3.32. The monoisotopic (exact) mass is 407 g/mol. The van der Waals surface area contributed by atoms with E-state index >= 15 is 0 Å². The van der Waals surface area contributed by atoms with E-state index in [1.807, 2.05) is 24.3 Å². The molecule has 0 fully saturated rings. The zero-order chi connectivity index (χ0) is 19.7. The molecule has 0 aliphatic rings. The van der Waals surface area contributed by atoms with Gasteiger partial charge in [-0.25, -0.2) is 4.98 Å². The number of benzene rings is 2. The van der Waals surface area contributed by atoms with Crippen molar-refractivity contribution in [2.45, 2.75) is 0 Å². The van der Waals surface area contributed by atoms with Crippen LogP contribution in [-0.2, 0) is 0 Å². The van der Waals surface area contributed by atoms with Crippen LogP contribution in [0.4, 0.5) is 5.69 Å². The Kier molecular flexibility index (Phi) is 4.65. The summed E-state index contributed by atoms with van der Waals surface area (Å²) >= 11 is 7.27. The molecular formula is C20H10ClN3O3S. The number of allylic oxidation sites excluding steroid dienone is 1. The molecule has 0 radical (unpaired) electrons. The van der Waals surface area contributed by atoms with E-state index in [1.165, 1.54) is 23.5 Å². The summed E-state index contributed by atoms with van der Waals surface area (Å²) in [4.78, 5) is 15.3. The van der Waals surface area contributed by atoms with E-state index < -0.39 is 4.92 Å². The van der Waals surface area contributed by atoms with Crippen LogP contribution >= 0.6 is 22.9 Å². The number of nitrogens with zero attached hydrogens (tertiary/aromatic N) is 3. The smallest absolute Gasteiger partial charge is 0.281 e. The number of hydrogen-bond acceptors (Lipinski definition) is 6. The van der Waals surface area contributed by atoms with Crippen LogP contribution in [0.2, 0.25) is 5.02 Å². The fourth-order valence-electron chi connectivity index (χ4n) is 2.71. The Morgan fingerprint density at radius 3 is 2.82 bits per heavy atom. The molecule has 8 heteroatoms. The molecule has 28 heavy (non-hydrogen) atoms. The fraction of sp³-hybridized carbons (Fsp3) is 0. The second-order valence-electron chi connectivity index (χ2n) is 5.78. The summed E-state index contributed by atoms with van der Waals surface area (Å²) in [5.74, 6) is 0.714. The molecule has 6 nitrogen and oxygen atoms in total. The zero-order valence-corrected chi connectivity index (χ0v) is 15.7. The number of halogens is 1. The molecule has 0 saturated carbocycles. The average molecular weight is 408 g/mol. The molecule has 0 spiro atoms. The van der Waals surface area contributed by atoms with Gasteiger partial charge in [0.15, 0.2) is 0 Å². The first-order valence-electron chi connectivity index (χ1n) is 8.07. The quantitative estimate of drug-likeness (QED) is 0.228. The highest BCUT2D eigenvalue weighted by Crippen LogP contribution is 2.34. The third kappa shape index (κ3) is 3.39. The summed E-state index contributed by atoms with van der Waals surface area (Å²) in [6, 6.07) is 17.4. The van der Waals surface area contributed by atoms with E-state index in [4.69, 9.17) is 16.0 Å². The van der Waals surface area contributed by atoms with Crippen LogP contribution in [0, 0.1) is 21.4 Å². The summed E-state index contributed by atoms with van der Waals surface area (Å²) in [7, 11) is 0. The highest BCUT2D eigenvalue weighted by atomic mass is 35.5. The van der Waals surface area contributed by atoms with Gasteiger partial charge < -0.3 is 4.42 Å². The zero-order valence-electron chi connectivity index (χ0n) is 14.1. The molecule has 0 aliphatic carbocycles. The van der Waals surface area contributed by atoms with Crippen molar-refractivity contribution in [1.29, 1.82) is 5.26 Å². The number of aromatic nitrogens is 1. The van der Waals surface area contributed by atoms with Crippen LogP contribution < -0.4 is 0 Å².